The number of aliphatic imine (C=N–C) groups is 1. The van der Waals surface area contributed by atoms with Gasteiger partial charge in [-0.15, -0.1) is 11.3 Å². The van der Waals surface area contributed by atoms with Gasteiger partial charge in [0.1, 0.15) is 12.0 Å². The van der Waals surface area contributed by atoms with E-state index < -0.39 is 0 Å². The third kappa shape index (κ3) is 4.81. The Balaban J connectivity index is 1.64. The van der Waals surface area contributed by atoms with Crippen LogP contribution in [0.15, 0.2) is 33.2 Å². The Morgan fingerprint density at radius 1 is 1.39 bits per heavy atom. The highest BCUT2D eigenvalue weighted by atomic mass is 32.1. The topological polar surface area (TPSA) is 80.3 Å². The van der Waals surface area contributed by atoms with Crippen molar-refractivity contribution in [1.82, 2.24) is 25.4 Å². The van der Waals surface area contributed by atoms with Gasteiger partial charge < -0.3 is 15.1 Å². The fourth-order valence-corrected chi connectivity index (χ4v) is 3.73. The molecule has 0 amide bonds. The second kappa shape index (κ2) is 9.05. The molecule has 3 aromatic heterocycles. The van der Waals surface area contributed by atoms with E-state index in [0.717, 1.165) is 35.2 Å². The zero-order valence-corrected chi connectivity index (χ0v) is 17.9. The molecule has 3 heterocycles. The van der Waals surface area contributed by atoms with Crippen LogP contribution in [0.2, 0.25) is 0 Å². The number of hydrogen-bond acceptors (Lipinski definition) is 5. The Bertz CT molecular complexity index is 925. The first-order valence-electron chi connectivity index (χ1n) is 9.50. The average Bonchev–Trinajstić information content (AvgIpc) is 3.38. The molecular formula is C20H28N6OS. The van der Waals surface area contributed by atoms with E-state index in [1.54, 1.807) is 17.6 Å². The molecule has 0 aliphatic carbocycles. The summed E-state index contributed by atoms with van der Waals surface area (Å²) in [7, 11) is 1.98. The monoisotopic (exact) mass is 400 g/mol. The van der Waals surface area contributed by atoms with E-state index in [1.165, 1.54) is 11.3 Å². The van der Waals surface area contributed by atoms with Crippen LogP contribution in [0, 0.1) is 13.8 Å². The number of rotatable bonds is 7. The van der Waals surface area contributed by atoms with Gasteiger partial charge in [-0.2, -0.15) is 5.10 Å². The largest absolute Gasteiger partial charge is 0.443 e. The second-order valence-corrected chi connectivity index (χ2v) is 7.79. The molecule has 0 aliphatic rings. The first-order valence-corrected chi connectivity index (χ1v) is 10.4. The highest BCUT2D eigenvalue weighted by molar-refractivity contribution is 7.13. The second-order valence-electron chi connectivity index (χ2n) is 6.84. The number of nitrogens with zero attached hydrogens (tertiary/aromatic N) is 4. The van der Waals surface area contributed by atoms with Crippen LogP contribution in [0.25, 0.3) is 10.8 Å². The minimum absolute atomic E-state index is 0.221. The summed E-state index contributed by atoms with van der Waals surface area (Å²) in [5.74, 6) is 1.42. The minimum Gasteiger partial charge on any atom is -0.443 e. The van der Waals surface area contributed by atoms with Crippen molar-refractivity contribution in [2.75, 3.05) is 6.54 Å². The van der Waals surface area contributed by atoms with Crippen molar-refractivity contribution in [2.24, 2.45) is 12.0 Å². The van der Waals surface area contributed by atoms with Crippen LogP contribution in [0.3, 0.4) is 0 Å². The van der Waals surface area contributed by atoms with E-state index in [1.807, 2.05) is 29.2 Å². The number of nitrogens with one attached hydrogen (secondary N) is 2. The Morgan fingerprint density at radius 3 is 2.86 bits per heavy atom. The van der Waals surface area contributed by atoms with Crippen molar-refractivity contribution in [3.63, 3.8) is 0 Å². The predicted octanol–water partition coefficient (Wildman–Crippen LogP) is 3.44. The lowest BCUT2D eigenvalue weighted by Crippen LogP contribution is -2.43. The minimum atomic E-state index is 0.221. The van der Waals surface area contributed by atoms with Gasteiger partial charge in [-0.1, -0.05) is 6.07 Å². The predicted molar refractivity (Wildman–Crippen MR) is 114 cm³/mol. The molecule has 0 saturated heterocycles. The summed E-state index contributed by atoms with van der Waals surface area (Å²) in [6, 6.07) is 4.21. The molecule has 0 radical (unpaired) electrons. The Kier molecular flexibility index (Phi) is 6.51. The van der Waals surface area contributed by atoms with Gasteiger partial charge in [-0.05, 0) is 51.1 Å². The first kappa shape index (κ1) is 20.1. The van der Waals surface area contributed by atoms with E-state index in [-0.39, 0.29) is 6.04 Å². The fraction of sp³-hybridized carbons (Fsp3) is 0.450. The van der Waals surface area contributed by atoms with Gasteiger partial charge in [0.25, 0.3) is 0 Å². The third-order valence-electron chi connectivity index (χ3n) is 4.58. The summed E-state index contributed by atoms with van der Waals surface area (Å²) in [5.41, 5.74) is 4.39. The van der Waals surface area contributed by atoms with E-state index >= 15 is 0 Å². The van der Waals surface area contributed by atoms with Crippen molar-refractivity contribution < 1.29 is 4.42 Å². The smallest absolute Gasteiger partial charge is 0.236 e. The molecule has 150 valence electrons. The third-order valence-corrected chi connectivity index (χ3v) is 5.44. The van der Waals surface area contributed by atoms with Gasteiger partial charge in [-0.3, -0.25) is 4.68 Å². The molecule has 0 saturated carbocycles. The molecule has 1 atom stereocenters. The molecule has 8 heteroatoms. The molecule has 0 aromatic carbocycles. The molecule has 7 nitrogen and oxygen atoms in total. The zero-order valence-electron chi connectivity index (χ0n) is 17.1. The molecule has 3 rings (SSSR count). The molecule has 28 heavy (non-hydrogen) atoms. The van der Waals surface area contributed by atoms with Crippen LogP contribution in [0.4, 0.5) is 0 Å². The summed E-state index contributed by atoms with van der Waals surface area (Å²) in [5, 5.41) is 13.3. The van der Waals surface area contributed by atoms with Crippen molar-refractivity contribution in [1.29, 1.82) is 0 Å². The Morgan fingerprint density at radius 2 is 2.21 bits per heavy atom. The quantitative estimate of drug-likeness (QED) is 0.469. The molecule has 2 N–H and O–H groups in total. The summed E-state index contributed by atoms with van der Waals surface area (Å²) in [4.78, 5) is 10.2. The summed E-state index contributed by atoms with van der Waals surface area (Å²) in [6.45, 7) is 9.64. The lowest BCUT2D eigenvalue weighted by atomic mass is 10.1. The fourth-order valence-electron chi connectivity index (χ4n) is 3.08. The number of thiophene rings is 1. The molecule has 0 aliphatic heterocycles. The van der Waals surface area contributed by atoms with Crippen LogP contribution in [-0.2, 0) is 20.0 Å². The summed E-state index contributed by atoms with van der Waals surface area (Å²) < 4.78 is 7.51. The number of hydrogen-bond donors (Lipinski definition) is 2. The zero-order chi connectivity index (χ0) is 20.1. The summed E-state index contributed by atoms with van der Waals surface area (Å²) in [6.07, 6.45) is 2.57. The highest BCUT2D eigenvalue weighted by Crippen LogP contribution is 2.23. The van der Waals surface area contributed by atoms with Gasteiger partial charge in [0.2, 0.25) is 5.89 Å². The van der Waals surface area contributed by atoms with Crippen molar-refractivity contribution in [2.45, 2.75) is 46.7 Å². The van der Waals surface area contributed by atoms with Crippen LogP contribution < -0.4 is 10.6 Å². The molecule has 3 aromatic rings. The SMILES string of the molecule is CCNC(=NCc1coc(-c2cccs2)n1)NC(C)Cc1c(C)nn(C)c1C. The number of aromatic nitrogens is 3. The number of aryl methyl sites for hydroxylation is 2. The maximum absolute atomic E-state index is 5.57. The van der Waals surface area contributed by atoms with Gasteiger partial charge in [-0.25, -0.2) is 9.98 Å². The van der Waals surface area contributed by atoms with Crippen molar-refractivity contribution >= 4 is 17.3 Å². The standard InChI is InChI=1S/C20H28N6OS/c1-6-21-20(23-13(2)10-17-14(3)25-26(5)15(17)4)22-11-16-12-27-19(24-16)18-8-7-9-28-18/h7-9,12-13H,6,10-11H2,1-5H3,(H2,21,22,23). The number of oxazole rings is 1. The van der Waals surface area contributed by atoms with Crippen LogP contribution >= 0.6 is 11.3 Å². The maximum atomic E-state index is 5.57. The molecule has 0 fully saturated rings. The van der Waals surface area contributed by atoms with E-state index in [4.69, 9.17) is 4.42 Å². The van der Waals surface area contributed by atoms with Crippen LogP contribution in [0.1, 0.15) is 36.5 Å². The molecule has 0 bridgehead atoms. The van der Waals surface area contributed by atoms with Crippen molar-refractivity contribution in [3.05, 3.63) is 46.4 Å². The Hall–Kier alpha value is -2.61. The normalized spacial score (nSPS) is 13.0. The van der Waals surface area contributed by atoms with Gasteiger partial charge in [0.15, 0.2) is 5.96 Å². The van der Waals surface area contributed by atoms with Crippen LogP contribution in [0.5, 0.6) is 0 Å². The molecule has 0 spiro atoms. The highest BCUT2D eigenvalue weighted by Gasteiger charge is 2.14. The average molecular weight is 401 g/mol. The van der Waals surface area contributed by atoms with Gasteiger partial charge in [0, 0.05) is 25.3 Å². The first-order chi connectivity index (χ1) is 13.5. The maximum Gasteiger partial charge on any atom is 0.236 e. The van der Waals surface area contributed by atoms with Crippen LogP contribution in [-0.4, -0.2) is 33.3 Å². The summed E-state index contributed by atoms with van der Waals surface area (Å²) >= 11 is 1.61. The number of guanidine groups is 1. The lowest BCUT2D eigenvalue weighted by molar-refractivity contribution is 0.574. The lowest BCUT2D eigenvalue weighted by Gasteiger charge is -2.18. The van der Waals surface area contributed by atoms with E-state index in [2.05, 4.69) is 53.4 Å². The Labute approximate surface area is 169 Å². The van der Waals surface area contributed by atoms with E-state index in [0.29, 0.717) is 12.4 Å². The van der Waals surface area contributed by atoms with Crippen molar-refractivity contribution in [3.8, 4) is 10.8 Å². The van der Waals surface area contributed by atoms with Gasteiger partial charge >= 0.3 is 0 Å². The molecule has 1 unspecified atom stereocenters. The molecular weight excluding hydrogens is 372 g/mol. The van der Waals surface area contributed by atoms with Gasteiger partial charge in [0.05, 0.1) is 17.1 Å². The van der Waals surface area contributed by atoms with E-state index in [9.17, 15) is 0 Å².